The van der Waals surface area contributed by atoms with Crippen LogP contribution in [0.15, 0.2) is 42.6 Å². The molecule has 0 spiro atoms. The lowest BCUT2D eigenvalue weighted by Gasteiger charge is -2.37. The molecule has 0 bridgehead atoms. The van der Waals surface area contributed by atoms with Crippen molar-refractivity contribution in [2.24, 2.45) is 0 Å². The molecular formula is C22H24Cl2N4O2. The summed E-state index contributed by atoms with van der Waals surface area (Å²) < 4.78 is 0. The van der Waals surface area contributed by atoms with E-state index in [2.05, 4.69) is 9.88 Å². The molecule has 3 heterocycles. The highest BCUT2D eigenvalue weighted by molar-refractivity contribution is 6.42. The summed E-state index contributed by atoms with van der Waals surface area (Å²) in [7, 11) is 0. The predicted octanol–water partition coefficient (Wildman–Crippen LogP) is 3.34. The minimum Gasteiger partial charge on any atom is -0.338 e. The second-order valence-electron chi connectivity index (χ2n) is 7.71. The number of benzene rings is 1. The number of aromatic nitrogens is 1. The van der Waals surface area contributed by atoms with E-state index in [0.717, 1.165) is 31.7 Å². The van der Waals surface area contributed by atoms with Crippen LogP contribution < -0.4 is 0 Å². The Bertz CT molecular complexity index is 917. The van der Waals surface area contributed by atoms with E-state index in [1.165, 1.54) is 0 Å². The van der Waals surface area contributed by atoms with Crippen molar-refractivity contribution in [1.29, 1.82) is 0 Å². The molecule has 2 amide bonds. The lowest BCUT2D eigenvalue weighted by molar-refractivity contribution is -0.137. The molecule has 0 N–H and O–H groups in total. The largest absolute Gasteiger partial charge is 0.338 e. The number of hydrogen-bond acceptors (Lipinski definition) is 4. The van der Waals surface area contributed by atoms with Gasteiger partial charge in [0, 0.05) is 51.0 Å². The lowest BCUT2D eigenvalue weighted by atomic mass is 10.1. The van der Waals surface area contributed by atoms with Gasteiger partial charge in [-0.3, -0.25) is 19.5 Å². The van der Waals surface area contributed by atoms with Crippen LogP contribution in [0.4, 0.5) is 0 Å². The van der Waals surface area contributed by atoms with E-state index in [-0.39, 0.29) is 11.8 Å². The van der Waals surface area contributed by atoms with Gasteiger partial charge in [0.2, 0.25) is 5.91 Å². The summed E-state index contributed by atoms with van der Waals surface area (Å²) in [5, 5.41) is 0.749. The third-order valence-corrected chi connectivity index (χ3v) is 6.50. The fourth-order valence-corrected chi connectivity index (χ4v) is 4.42. The number of carbonyl (C=O) groups excluding carboxylic acids is 2. The van der Waals surface area contributed by atoms with Gasteiger partial charge in [-0.1, -0.05) is 29.3 Å². The van der Waals surface area contributed by atoms with Crippen LogP contribution >= 0.6 is 23.2 Å². The van der Waals surface area contributed by atoms with Crippen LogP contribution in [0.25, 0.3) is 0 Å². The molecule has 2 aliphatic heterocycles. The van der Waals surface area contributed by atoms with E-state index in [4.69, 9.17) is 23.2 Å². The van der Waals surface area contributed by atoms with E-state index >= 15 is 0 Å². The second-order valence-corrected chi connectivity index (χ2v) is 8.52. The fraction of sp³-hybridized carbons (Fsp3) is 0.409. The van der Waals surface area contributed by atoms with E-state index in [0.29, 0.717) is 41.7 Å². The summed E-state index contributed by atoms with van der Waals surface area (Å²) in [6.45, 7) is 4.29. The summed E-state index contributed by atoms with van der Waals surface area (Å²) >= 11 is 12.0. The number of amides is 2. The first kappa shape index (κ1) is 21.1. The fourth-order valence-electron chi connectivity index (χ4n) is 4.12. The molecule has 0 aliphatic carbocycles. The molecule has 0 saturated carbocycles. The number of likely N-dealkylation sites (tertiary alicyclic amines) is 1. The second kappa shape index (κ2) is 9.33. The highest BCUT2D eigenvalue weighted by atomic mass is 35.5. The molecule has 158 valence electrons. The third kappa shape index (κ3) is 4.61. The Balaban J connectivity index is 1.37. The zero-order chi connectivity index (χ0) is 21.1. The van der Waals surface area contributed by atoms with Gasteiger partial charge < -0.3 is 9.80 Å². The Morgan fingerprint density at radius 3 is 2.50 bits per heavy atom. The van der Waals surface area contributed by atoms with Crippen molar-refractivity contribution in [2.75, 3.05) is 32.7 Å². The van der Waals surface area contributed by atoms with Crippen molar-refractivity contribution >= 4 is 35.0 Å². The molecule has 2 aliphatic rings. The zero-order valence-electron chi connectivity index (χ0n) is 16.6. The monoisotopic (exact) mass is 446 g/mol. The molecule has 2 aromatic rings. The van der Waals surface area contributed by atoms with E-state index < -0.39 is 6.04 Å². The predicted molar refractivity (Wildman–Crippen MR) is 117 cm³/mol. The summed E-state index contributed by atoms with van der Waals surface area (Å²) in [5.74, 6) is -0.128. The van der Waals surface area contributed by atoms with Gasteiger partial charge in [-0.25, -0.2) is 0 Å². The van der Waals surface area contributed by atoms with Crippen LogP contribution in [0, 0.1) is 0 Å². The molecule has 8 heteroatoms. The number of pyridine rings is 1. The minimum absolute atomic E-state index is 0.0402. The molecule has 2 saturated heterocycles. The lowest BCUT2D eigenvalue weighted by Crippen LogP contribution is -2.54. The van der Waals surface area contributed by atoms with E-state index in [1.807, 2.05) is 23.1 Å². The van der Waals surface area contributed by atoms with Crippen molar-refractivity contribution < 1.29 is 9.59 Å². The van der Waals surface area contributed by atoms with Crippen molar-refractivity contribution in [1.82, 2.24) is 19.7 Å². The first-order chi connectivity index (χ1) is 14.5. The molecule has 4 rings (SSSR count). The zero-order valence-corrected chi connectivity index (χ0v) is 18.1. The minimum atomic E-state index is -0.408. The number of halogens is 2. The van der Waals surface area contributed by atoms with Gasteiger partial charge in [0.1, 0.15) is 6.04 Å². The molecular weight excluding hydrogens is 423 g/mol. The van der Waals surface area contributed by atoms with Crippen LogP contribution in [0.3, 0.4) is 0 Å². The van der Waals surface area contributed by atoms with Gasteiger partial charge in [0.05, 0.1) is 15.7 Å². The summed E-state index contributed by atoms with van der Waals surface area (Å²) in [4.78, 5) is 36.4. The Morgan fingerprint density at radius 1 is 1.00 bits per heavy atom. The Kier molecular flexibility index (Phi) is 6.56. The van der Waals surface area contributed by atoms with Crippen molar-refractivity contribution in [3.8, 4) is 0 Å². The highest BCUT2D eigenvalue weighted by Crippen LogP contribution is 2.26. The van der Waals surface area contributed by atoms with Crippen molar-refractivity contribution in [2.45, 2.75) is 25.4 Å². The first-order valence-corrected chi connectivity index (χ1v) is 11.0. The number of hydrogen-bond donors (Lipinski definition) is 0. The maximum Gasteiger partial charge on any atom is 0.254 e. The van der Waals surface area contributed by atoms with Gasteiger partial charge >= 0.3 is 0 Å². The van der Waals surface area contributed by atoms with Gasteiger partial charge in [-0.2, -0.15) is 0 Å². The van der Waals surface area contributed by atoms with E-state index in [9.17, 15) is 9.59 Å². The van der Waals surface area contributed by atoms with Gasteiger partial charge in [-0.05, 0) is 43.2 Å². The number of piperazine rings is 1. The maximum atomic E-state index is 13.2. The molecule has 1 atom stereocenters. The molecule has 0 radical (unpaired) electrons. The summed E-state index contributed by atoms with van der Waals surface area (Å²) in [6, 6.07) is 10.4. The van der Waals surface area contributed by atoms with Crippen LogP contribution in [-0.4, -0.2) is 70.3 Å². The quantitative estimate of drug-likeness (QED) is 0.722. The van der Waals surface area contributed by atoms with E-state index in [1.54, 1.807) is 29.3 Å². The van der Waals surface area contributed by atoms with Gasteiger partial charge in [-0.15, -0.1) is 0 Å². The standard InChI is InChI=1S/C22H24Cl2N4O2/c23-18-7-6-16(14-19(18)24)21(29)28-9-3-5-20(28)22(30)27-12-10-26(11-13-27)15-17-4-1-2-8-25-17/h1-2,4,6-8,14,20H,3,5,9-13,15H2. The molecule has 6 nitrogen and oxygen atoms in total. The molecule has 1 unspecified atom stereocenters. The van der Waals surface area contributed by atoms with Crippen LogP contribution in [0.1, 0.15) is 28.9 Å². The normalized spacial score (nSPS) is 19.9. The number of rotatable bonds is 4. The average molecular weight is 447 g/mol. The number of carbonyl (C=O) groups is 2. The summed E-state index contributed by atoms with van der Waals surface area (Å²) in [6.07, 6.45) is 3.32. The topological polar surface area (TPSA) is 56.8 Å². The summed E-state index contributed by atoms with van der Waals surface area (Å²) in [5.41, 5.74) is 1.50. The van der Waals surface area contributed by atoms with Crippen LogP contribution in [0.2, 0.25) is 10.0 Å². The highest BCUT2D eigenvalue weighted by Gasteiger charge is 2.37. The smallest absolute Gasteiger partial charge is 0.254 e. The van der Waals surface area contributed by atoms with Gasteiger partial charge in [0.15, 0.2) is 0 Å². The van der Waals surface area contributed by atoms with Crippen molar-refractivity contribution in [3.05, 3.63) is 63.9 Å². The first-order valence-electron chi connectivity index (χ1n) is 10.2. The van der Waals surface area contributed by atoms with Crippen LogP contribution in [0.5, 0.6) is 0 Å². The SMILES string of the molecule is O=C(C1CCCN1C(=O)c1ccc(Cl)c(Cl)c1)N1CCN(Cc2ccccn2)CC1. The molecule has 1 aromatic heterocycles. The molecule has 2 fully saturated rings. The Morgan fingerprint density at radius 2 is 1.80 bits per heavy atom. The van der Waals surface area contributed by atoms with Gasteiger partial charge in [0.25, 0.3) is 5.91 Å². The molecule has 30 heavy (non-hydrogen) atoms. The van der Waals surface area contributed by atoms with Crippen LogP contribution in [-0.2, 0) is 11.3 Å². The third-order valence-electron chi connectivity index (χ3n) is 5.76. The maximum absolute atomic E-state index is 13.2. The molecule has 1 aromatic carbocycles. The average Bonchev–Trinajstić information content (AvgIpc) is 3.26. The Labute approximate surface area is 186 Å². The van der Waals surface area contributed by atoms with Crippen molar-refractivity contribution in [3.63, 3.8) is 0 Å². The number of nitrogens with zero attached hydrogens (tertiary/aromatic N) is 4. The Hall–Kier alpha value is -2.15.